The van der Waals surface area contributed by atoms with Crippen LogP contribution < -0.4 is 19.7 Å². The maximum absolute atomic E-state index is 12.3. The highest BCUT2D eigenvalue weighted by atomic mass is 32.2. The van der Waals surface area contributed by atoms with Crippen molar-refractivity contribution in [2.75, 3.05) is 13.7 Å². The molecule has 1 atom stereocenters. The number of benzene rings is 2. The van der Waals surface area contributed by atoms with Crippen molar-refractivity contribution in [1.29, 1.82) is 0 Å². The molecule has 2 aromatic rings. The van der Waals surface area contributed by atoms with Crippen molar-refractivity contribution in [3.63, 3.8) is 0 Å². The third kappa shape index (κ3) is 5.70. The van der Waals surface area contributed by atoms with E-state index in [1.54, 1.807) is 36.4 Å². The Kier molecular flexibility index (Phi) is 7.20. The summed E-state index contributed by atoms with van der Waals surface area (Å²) in [5.74, 6) is 0.577. The first-order chi connectivity index (χ1) is 12.9. The lowest BCUT2D eigenvalue weighted by Gasteiger charge is -2.12. The van der Waals surface area contributed by atoms with Crippen LogP contribution in [0.5, 0.6) is 11.5 Å². The van der Waals surface area contributed by atoms with E-state index in [4.69, 9.17) is 9.47 Å². The molecule has 0 saturated heterocycles. The van der Waals surface area contributed by atoms with Crippen LogP contribution in [0, 0.1) is 0 Å². The van der Waals surface area contributed by atoms with Crippen molar-refractivity contribution in [3.05, 3.63) is 54.1 Å². The zero-order valence-electron chi connectivity index (χ0n) is 15.6. The van der Waals surface area contributed by atoms with Crippen LogP contribution in [0.2, 0.25) is 0 Å². The standard InChI is InChI=1S/C19H24N2O5S/c1-4-14(2)15-9-11-16(12-10-15)27(23,24)21-20-19(22)13-26-18-8-6-5-7-17(18)25-3/h5-12,14,21H,4,13H2,1-3H3,(H,20,22)/t14-/m1/s1. The first kappa shape index (κ1) is 20.7. The van der Waals surface area contributed by atoms with Crippen LogP contribution in [-0.2, 0) is 14.8 Å². The Balaban J connectivity index is 1.91. The minimum Gasteiger partial charge on any atom is -0.493 e. The van der Waals surface area contributed by atoms with Gasteiger partial charge in [0.1, 0.15) is 0 Å². The zero-order chi connectivity index (χ0) is 19.9. The van der Waals surface area contributed by atoms with Gasteiger partial charge in [0.2, 0.25) is 0 Å². The smallest absolute Gasteiger partial charge is 0.272 e. The molecule has 2 N–H and O–H groups in total. The molecule has 0 saturated carbocycles. The van der Waals surface area contributed by atoms with Gasteiger partial charge in [-0.15, -0.1) is 4.83 Å². The van der Waals surface area contributed by atoms with E-state index in [0.29, 0.717) is 17.4 Å². The summed E-state index contributed by atoms with van der Waals surface area (Å²) in [7, 11) is -2.37. The largest absolute Gasteiger partial charge is 0.493 e. The molecule has 27 heavy (non-hydrogen) atoms. The predicted octanol–water partition coefficient (Wildman–Crippen LogP) is 2.60. The van der Waals surface area contributed by atoms with Gasteiger partial charge in [-0.25, -0.2) is 8.42 Å². The molecular weight excluding hydrogens is 368 g/mol. The number of rotatable bonds is 9. The van der Waals surface area contributed by atoms with E-state index in [-0.39, 0.29) is 11.5 Å². The summed E-state index contributed by atoms with van der Waals surface area (Å²) in [5, 5.41) is 0. The number of sulfonamides is 1. The summed E-state index contributed by atoms with van der Waals surface area (Å²) in [5.41, 5.74) is 3.20. The Morgan fingerprint density at radius 3 is 2.30 bits per heavy atom. The zero-order valence-corrected chi connectivity index (χ0v) is 16.4. The highest BCUT2D eigenvalue weighted by Gasteiger charge is 2.16. The molecular formula is C19H24N2O5S. The van der Waals surface area contributed by atoms with E-state index in [2.05, 4.69) is 24.1 Å². The molecule has 1 amide bonds. The van der Waals surface area contributed by atoms with E-state index in [0.717, 1.165) is 12.0 Å². The molecule has 0 aliphatic heterocycles. The maximum Gasteiger partial charge on any atom is 0.272 e. The SMILES string of the molecule is CC[C@@H](C)c1ccc(S(=O)(=O)NNC(=O)COc2ccccc2OC)cc1. The molecule has 0 fully saturated rings. The van der Waals surface area contributed by atoms with E-state index in [9.17, 15) is 13.2 Å². The van der Waals surface area contributed by atoms with Crippen molar-refractivity contribution in [2.24, 2.45) is 0 Å². The van der Waals surface area contributed by atoms with Gasteiger partial charge in [-0.05, 0) is 42.2 Å². The lowest BCUT2D eigenvalue weighted by molar-refractivity contribution is -0.123. The van der Waals surface area contributed by atoms with Gasteiger partial charge in [0.25, 0.3) is 15.9 Å². The Hall–Kier alpha value is -2.58. The van der Waals surface area contributed by atoms with Gasteiger partial charge in [0, 0.05) is 0 Å². The summed E-state index contributed by atoms with van der Waals surface area (Å²) in [4.78, 5) is 14.0. The third-order valence-corrected chi connectivity index (χ3v) is 5.39. The number of ether oxygens (including phenoxy) is 2. The number of nitrogens with one attached hydrogen (secondary N) is 2. The fourth-order valence-electron chi connectivity index (χ4n) is 2.31. The first-order valence-corrected chi connectivity index (χ1v) is 10.0. The van der Waals surface area contributed by atoms with E-state index in [1.807, 2.05) is 0 Å². The molecule has 0 bridgehead atoms. The van der Waals surface area contributed by atoms with Crippen LogP contribution >= 0.6 is 0 Å². The number of carbonyl (C=O) groups excluding carboxylic acids is 1. The molecule has 146 valence electrons. The summed E-state index contributed by atoms with van der Waals surface area (Å²) in [6, 6.07) is 13.4. The number of hydrogen-bond acceptors (Lipinski definition) is 5. The normalized spacial score (nSPS) is 12.3. The second-order valence-electron chi connectivity index (χ2n) is 5.97. The molecule has 0 heterocycles. The van der Waals surface area contributed by atoms with Gasteiger partial charge in [0.05, 0.1) is 12.0 Å². The minimum absolute atomic E-state index is 0.0699. The van der Waals surface area contributed by atoms with Crippen LogP contribution in [0.15, 0.2) is 53.4 Å². The topological polar surface area (TPSA) is 93.7 Å². The van der Waals surface area contributed by atoms with Gasteiger partial charge in [-0.2, -0.15) is 0 Å². The minimum atomic E-state index is -3.86. The van der Waals surface area contributed by atoms with Crippen LogP contribution in [0.4, 0.5) is 0 Å². The Morgan fingerprint density at radius 1 is 1.07 bits per heavy atom. The number of carbonyl (C=O) groups is 1. The summed E-state index contributed by atoms with van der Waals surface area (Å²) in [6.07, 6.45) is 0.965. The van der Waals surface area contributed by atoms with E-state index in [1.165, 1.54) is 19.2 Å². The summed E-state index contributed by atoms with van der Waals surface area (Å²) < 4.78 is 35.0. The second-order valence-corrected chi connectivity index (χ2v) is 7.65. The summed E-state index contributed by atoms with van der Waals surface area (Å²) in [6.45, 7) is 3.78. The molecule has 2 rings (SSSR count). The van der Waals surface area contributed by atoms with Crippen molar-refractivity contribution in [2.45, 2.75) is 31.1 Å². The van der Waals surface area contributed by atoms with Crippen LogP contribution in [0.3, 0.4) is 0 Å². The van der Waals surface area contributed by atoms with Crippen LogP contribution in [0.25, 0.3) is 0 Å². The van der Waals surface area contributed by atoms with Crippen LogP contribution in [-0.4, -0.2) is 28.0 Å². The molecule has 7 nitrogen and oxygen atoms in total. The van der Waals surface area contributed by atoms with Gasteiger partial charge in [0.15, 0.2) is 18.1 Å². The Bertz CT molecular complexity index is 866. The summed E-state index contributed by atoms with van der Waals surface area (Å²) >= 11 is 0. The molecule has 0 aliphatic rings. The van der Waals surface area contributed by atoms with Crippen molar-refractivity contribution >= 4 is 15.9 Å². The monoisotopic (exact) mass is 392 g/mol. The van der Waals surface area contributed by atoms with E-state index < -0.39 is 15.9 Å². The maximum atomic E-state index is 12.3. The third-order valence-electron chi connectivity index (χ3n) is 4.12. The number of hydrogen-bond donors (Lipinski definition) is 2. The second kappa shape index (κ2) is 9.38. The lowest BCUT2D eigenvalue weighted by Crippen LogP contribution is -2.43. The average Bonchev–Trinajstić information content (AvgIpc) is 2.70. The van der Waals surface area contributed by atoms with Crippen LogP contribution in [0.1, 0.15) is 31.7 Å². The average molecular weight is 392 g/mol. The first-order valence-electron chi connectivity index (χ1n) is 8.53. The number of para-hydroxylation sites is 2. The Labute approximate surface area is 159 Å². The highest BCUT2D eigenvalue weighted by molar-refractivity contribution is 7.89. The molecule has 8 heteroatoms. The van der Waals surface area contributed by atoms with Gasteiger partial charge >= 0.3 is 0 Å². The number of methoxy groups -OCH3 is 1. The molecule has 0 unspecified atom stereocenters. The van der Waals surface area contributed by atoms with Gasteiger partial charge in [-0.3, -0.25) is 10.2 Å². The predicted molar refractivity (Wildman–Crippen MR) is 102 cm³/mol. The molecule has 0 aliphatic carbocycles. The quantitative estimate of drug-likeness (QED) is 0.640. The fraction of sp³-hybridized carbons (Fsp3) is 0.316. The van der Waals surface area contributed by atoms with E-state index >= 15 is 0 Å². The number of hydrazine groups is 1. The molecule has 0 radical (unpaired) electrons. The number of amides is 1. The van der Waals surface area contributed by atoms with Gasteiger partial charge in [-0.1, -0.05) is 38.1 Å². The highest BCUT2D eigenvalue weighted by Crippen LogP contribution is 2.25. The van der Waals surface area contributed by atoms with Crippen molar-refractivity contribution in [3.8, 4) is 11.5 Å². The Morgan fingerprint density at radius 2 is 1.70 bits per heavy atom. The lowest BCUT2D eigenvalue weighted by atomic mass is 9.99. The molecule has 0 spiro atoms. The molecule has 0 aromatic heterocycles. The van der Waals surface area contributed by atoms with Gasteiger partial charge < -0.3 is 9.47 Å². The molecule has 2 aromatic carbocycles. The van der Waals surface area contributed by atoms with Crippen molar-refractivity contribution < 1.29 is 22.7 Å². The fourth-order valence-corrected chi connectivity index (χ4v) is 3.17. The van der Waals surface area contributed by atoms with Crippen molar-refractivity contribution in [1.82, 2.24) is 10.3 Å².